The van der Waals surface area contributed by atoms with Crippen molar-refractivity contribution in [3.05, 3.63) is 63.6 Å². The van der Waals surface area contributed by atoms with E-state index in [-0.39, 0.29) is 11.8 Å². The summed E-state index contributed by atoms with van der Waals surface area (Å²) in [5.41, 5.74) is 3.11. The number of amides is 1. The summed E-state index contributed by atoms with van der Waals surface area (Å²) in [5.74, 6) is 0.654. The van der Waals surface area contributed by atoms with Crippen LogP contribution in [0.25, 0.3) is 0 Å². The van der Waals surface area contributed by atoms with Crippen molar-refractivity contribution in [2.45, 2.75) is 39.2 Å². The fraction of sp³-hybridized carbons (Fsp3) is 0.409. The molecular formula is C22H26Cl2N2O. The number of benzene rings is 2. The largest absolute Gasteiger partial charge is 0.326 e. The molecule has 3 nitrogen and oxygen atoms in total. The standard InChI is InChI=1S/C22H26Cl2N2O/c1-15(2)16-6-8-18(9-7-16)25-22(27)17-10-12-26(13-11-17)14-19-20(23)4-3-5-21(19)24/h3-9,15,17H,10-14H2,1-2H3,(H,25,27). The van der Waals surface area contributed by atoms with E-state index in [1.54, 1.807) is 0 Å². The van der Waals surface area contributed by atoms with E-state index in [0.717, 1.165) is 43.7 Å². The molecule has 27 heavy (non-hydrogen) atoms. The predicted molar refractivity (Wildman–Crippen MR) is 114 cm³/mol. The van der Waals surface area contributed by atoms with Gasteiger partial charge in [-0.2, -0.15) is 0 Å². The summed E-state index contributed by atoms with van der Waals surface area (Å²) < 4.78 is 0. The molecule has 1 saturated heterocycles. The molecule has 1 N–H and O–H groups in total. The van der Waals surface area contributed by atoms with Gasteiger partial charge in [-0.05, 0) is 61.7 Å². The van der Waals surface area contributed by atoms with Crippen LogP contribution in [0, 0.1) is 5.92 Å². The van der Waals surface area contributed by atoms with E-state index >= 15 is 0 Å². The molecule has 3 rings (SSSR count). The second kappa shape index (κ2) is 9.09. The number of halogens is 2. The lowest BCUT2D eigenvalue weighted by Gasteiger charge is -2.31. The highest BCUT2D eigenvalue weighted by Crippen LogP contribution is 2.28. The van der Waals surface area contributed by atoms with Crippen molar-refractivity contribution in [2.75, 3.05) is 18.4 Å². The van der Waals surface area contributed by atoms with Gasteiger partial charge in [-0.15, -0.1) is 0 Å². The zero-order chi connectivity index (χ0) is 19.4. The van der Waals surface area contributed by atoms with Crippen molar-refractivity contribution < 1.29 is 4.79 Å². The normalized spacial score (nSPS) is 15.9. The van der Waals surface area contributed by atoms with Crippen molar-refractivity contribution in [1.82, 2.24) is 4.90 Å². The molecule has 0 radical (unpaired) electrons. The third-order valence-electron chi connectivity index (χ3n) is 5.25. The molecule has 0 unspecified atom stereocenters. The smallest absolute Gasteiger partial charge is 0.227 e. The van der Waals surface area contributed by atoms with Crippen LogP contribution in [0.4, 0.5) is 5.69 Å². The van der Waals surface area contributed by atoms with E-state index in [2.05, 4.69) is 36.2 Å². The molecule has 0 spiro atoms. The molecule has 2 aromatic carbocycles. The molecule has 0 saturated carbocycles. The first kappa shape index (κ1) is 20.2. The molecular weight excluding hydrogens is 379 g/mol. The average molecular weight is 405 g/mol. The number of piperidine rings is 1. The molecule has 0 atom stereocenters. The van der Waals surface area contributed by atoms with Crippen LogP contribution in [0.5, 0.6) is 0 Å². The van der Waals surface area contributed by atoms with Crippen LogP contribution in [-0.4, -0.2) is 23.9 Å². The second-order valence-corrected chi connectivity index (χ2v) is 8.33. The summed E-state index contributed by atoms with van der Waals surface area (Å²) in [6, 6.07) is 13.7. The Bertz CT molecular complexity index is 761. The van der Waals surface area contributed by atoms with Gasteiger partial charge in [-0.25, -0.2) is 0 Å². The van der Waals surface area contributed by atoms with E-state index < -0.39 is 0 Å². The van der Waals surface area contributed by atoms with Crippen molar-refractivity contribution in [1.29, 1.82) is 0 Å². The molecule has 1 fully saturated rings. The lowest BCUT2D eigenvalue weighted by Crippen LogP contribution is -2.37. The first-order valence-electron chi connectivity index (χ1n) is 9.50. The number of rotatable bonds is 5. The SMILES string of the molecule is CC(C)c1ccc(NC(=O)C2CCN(Cc3c(Cl)cccc3Cl)CC2)cc1. The van der Waals surface area contributed by atoms with Gasteiger partial charge >= 0.3 is 0 Å². The number of hydrogen-bond acceptors (Lipinski definition) is 2. The van der Waals surface area contributed by atoms with Gasteiger partial charge in [0.15, 0.2) is 0 Å². The zero-order valence-electron chi connectivity index (χ0n) is 15.8. The molecule has 5 heteroatoms. The summed E-state index contributed by atoms with van der Waals surface area (Å²) in [7, 11) is 0. The Morgan fingerprint density at radius 2 is 1.67 bits per heavy atom. The second-order valence-electron chi connectivity index (χ2n) is 7.52. The number of anilines is 1. The lowest BCUT2D eigenvalue weighted by atomic mass is 9.95. The van der Waals surface area contributed by atoms with Crippen molar-refractivity contribution >= 4 is 34.8 Å². The fourth-order valence-corrected chi connectivity index (χ4v) is 3.97. The number of nitrogens with one attached hydrogen (secondary N) is 1. The van der Waals surface area contributed by atoms with Gasteiger partial charge < -0.3 is 5.32 Å². The molecule has 0 aromatic heterocycles. The van der Waals surface area contributed by atoms with E-state index in [9.17, 15) is 4.79 Å². The monoisotopic (exact) mass is 404 g/mol. The molecule has 1 heterocycles. The van der Waals surface area contributed by atoms with E-state index in [4.69, 9.17) is 23.2 Å². The Morgan fingerprint density at radius 3 is 2.22 bits per heavy atom. The van der Waals surface area contributed by atoms with Gasteiger partial charge in [0.25, 0.3) is 0 Å². The third-order valence-corrected chi connectivity index (χ3v) is 5.95. The predicted octanol–water partition coefficient (Wildman–Crippen LogP) is 5.97. The maximum atomic E-state index is 12.6. The maximum Gasteiger partial charge on any atom is 0.227 e. The highest BCUT2D eigenvalue weighted by Gasteiger charge is 2.25. The van der Waals surface area contributed by atoms with E-state index in [1.807, 2.05) is 30.3 Å². The van der Waals surface area contributed by atoms with Gasteiger partial charge in [-0.1, -0.05) is 55.2 Å². The molecule has 1 aliphatic heterocycles. The maximum absolute atomic E-state index is 12.6. The molecule has 0 aliphatic carbocycles. The molecule has 2 aromatic rings. The summed E-state index contributed by atoms with van der Waals surface area (Å²) in [5, 5.41) is 4.46. The minimum atomic E-state index is 0.0488. The number of hydrogen-bond donors (Lipinski definition) is 1. The molecule has 1 amide bonds. The number of nitrogens with zero attached hydrogens (tertiary/aromatic N) is 1. The highest BCUT2D eigenvalue weighted by atomic mass is 35.5. The summed E-state index contributed by atoms with van der Waals surface area (Å²) >= 11 is 12.5. The van der Waals surface area contributed by atoms with Crippen LogP contribution in [-0.2, 0) is 11.3 Å². The Kier molecular flexibility index (Phi) is 6.80. The Hall–Kier alpha value is -1.55. The highest BCUT2D eigenvalue weighted by molar-refractivity contribution is 6.35. The lowest BCUT2D eigenvalue weighted by molar-refractivity contribution is -0.121. The zero-order valence-corrected chi connectivity index (χ0v) is 17.4. The van der Waals surface area contributed by atoms with Crippen molar-refractivity contribution in [3.8, 4) is 0 Å². The van der Waals surface area contributed by atoms with E-state index in [1.165, 1.54) is 5.56 Å². The third kappa shape index (κ3) is 5.25. The van der Waals surface area contributed by atoms with Crippen molar-refractivity contribution in [3.63, 3.8) is 0 Å². The Morgan fingerprint density at radius 1 is 1.07 bits per heavy atom. The van der Waals surface area contributed by atoms with Gasteiger partial charge in [-0.3, -0.25) is 9.69 Å². The van der Waals surface area contributed by atoms with Gasteiger partial charge in [0.05, 0.1) is 0 Å². The minimum absolute atomic E-state index is 0.0488. The van der Waals surface area contributed by atoms with Gasteiger partial charge in [0, 0.05) is 33.8 Å². The van der Waals surface area contributed by atoms with E-state index in [0.29, 0.717) is 16.0 Å². The van der Waals surface area contributed by atoms with Crippen LogP contribution >= 0.6 is 23.2 Å². The molecule has 1 aliphatic rings. The number of likely N-dealkylation sites (tertiary alicyclic amines) is 1. The summed E-state index contributed by atoms with van der Waals surface area (Å²) in [6.45, 7) is 6.79. The summed E-state index contributed by atoms with van der Waals surface area (Å²) in [4.78, 5) is 14.9. The summed E-state index contributed by atoms with van der Waals surface area (Å²) in [6.07, 6.45) is 1.69. The number of carbonyl (C=O) groups excluding carboxylic acids is 1. The Labute approximate surface area is 171 Å². The minimum Gasteiger partial charge on any atom is -0.326 e. The van der Waals surface area contributed by atoms with Crippen LogP contribution in [0.1, 0.15) is 43.7 Å². The van der Waals surface area contributed by atoms with Gasteiger partial charge in [0.2, 0.25) is 5.91 Å². The van der Waals surface area contributed by atoms with Crippen molar-refractivity contribution in [2.24, 2.45) is 5.92 Å². The quantitative estimate of drug-likeness (QED) is 0.665. The average Bonchev–Trinajstić information content (AvgIpc) is 2.66. The fourth-order valence-electron chi connectivity index (χ4n) is 3.46. The van der Waals surface area contributed by atoms with Crippen LogP contribution in [0.2, 0.25) is 10.0 Å². The van der Waals surface area contributed by atoms with Crippen LogP contribution in [0.15, 0.2) is 42.5 Å². The van der Waals surface area contributed by atoms with Crippen LogP contribution in [0.3, 0.4) is 0 Å². The molecule has 144 valence electrons. The number of carbonyl (C=O) groups is 1. The Balaban J connectivity index is 1.52. The van der Waals surface area contributed by atoms with Gasteiger partial charge in [0.1, 0.15) is 0 Å². The first-order valence-corrected chi connectivity index (χ1v) is 10.3. The topological polar surface area (TPSA) is 32.3 Å². The van der Waals surface area contributed by atoms with Crippen LogP contribution < -0.4 is 5.32 Å². The first-order chi connectivity index (χ1) is 12.9. The molecule has 0 bridgehead atoms.